The van der Waals surface area contributed by atoms with E-state index in [4.69, 9.17) is 16.0 Å². The summed E-state index contributed by atoms with van der Waals surface area (Å²) in [6.07, 6.45) is 1.96. The third kappa shape index (κ3) is 5.03. The van der Waals surface area contributed by atoms with Crippen molar-refractivity contribution in [2.75, 3.05) is 12.5 Å². The van der Waals surface area contributed by atoms with E-state index in [0.717, 1.165) is 6.61 Å². The average Bonchev–Trinajstić information content (AvgIpc) is 1.84. The molecule has 1 nitrogen and oxygen atoms in total. The van der Waals surface area contributed by atoms with Crippen LogP contribution in [0, 0.1) is 0 Å². The van der Waals surface area contributed by atoms with Gasteiger partial charge in [0.1, 0.15) is 0 Å². The van der Waals surface area contributed by atoms with Crippen LogP contribution in [0.25, 0.3) is 0 Å². The van der Waals surface area contributed by atoms with Crippen molar-refractivity contribution in [1.29, 1.82) is 0 Å². The van der Waals surface area contributed by atoms with Crippen LogP contribution in [-0.2, 0) is 4.43 Å². The largest absolute Gasteiger partial charge is 0.414 e. The maximum atomic E-state index is 5.52. The van der Waals surface area contributed by atoms with Crippen LogP contribution >= 0.6 is 11.6 Å². The Labute approximate surface area is 69.2 Å². The van der Waals surface area contributed by atoms with E-state index < -0.39 is 8.32 Å². The van der Waals surface area contributed by atoms with E-state index in [1.807, 2.05) is 13.0 Å². The molecule has 0 amide bonds. The van der Waals surface area contributed by atoms with Gasteiger partial charge in [-0.15, -0.1) is 11.6 Å². The molecule has 0 radical (unpaired) electrons. The second kappa shape index (κ2) is 4.94. The van der Waals surface area contributed by atoms with E-state index >= 15 is 0 Å². The van der Waals surface area contributed by atoms with Crippen LogP contribution in [0.2, 0.25) is 13.1 Å². The summed E-state index contributed by atoms with van der Waals surface area (Å²) < 4.78 is 5.52. The third-order valence-corrected chi connectivity index (χ3v) is 3.37. The average molecular weight is 179 g/mol. The zero-order valence-corrected chi connectivity index (χ0v) is 8.61. The maximum Gasteiger partial charge on any atom is 0.210 e. The molecule has 0 rings (SSSR count). The minimum atomic E-state index is -1.49. The molecule has 0 aliphatic rings. The predicted octanol–water partition coefficient (Wildman–Crippen LogP) is 2.56. The lowest BCUT2D eigenvalue weighted by Crippen LogP contribution is -2.27. The van der Waals surface area contributed by atoms with Crippen LogP contribution in [0.5, 0.6) is 0 Å². The first-order valence-corrected chi connectivity index (χ1v) is 7.02. The Morgan fingerprint density at radius 2 is 2.10 bits per heavy atom. The first-order chi connectivity index (χ1) is 4.62. The fraction of sp³-hybridized carbons (Fsp3) is 0.714. The van der Waals surface area contributed by atoms with Gasteiger partial charge >= 0.3 is 0 Å². The number of rotatable bonds is 4. The lowest BCUT2D eigenvalue weighted by Gasteiger charge is -2.16. The molecule has 60 valence electrons. The Hall–Kier alpha value is 0.207. The molecule has 0 aliphatic heterocycles. The fourth-order valence-electron chi connectivity index (χ4n) is 0.748. The Balaban J connectivity index is 3.73. The molecule has 0 saturated carbocycles. The molecule has 0 aromatic heterocycles. The zero-order valence-electron chi connectivity index (χ0n) is 6.86. The van der Waals surface area contributed by atoms with Crippen LogP contribution in [0.15, 0.2) is 11.8 Å². The third-order valence-electron chi connectivity index (χ3n) is 1.12. The minimum absolute atomic E-state index is 0.587. The van der Waals surface area contributed by atoms with Gasteiger partial charge in [0.25, 0.3) is 0 Å². The van der Waals surface area contributed by atoms with Crippen LogP contribution in [0.3, 0.4) is 0 Å². The predicted molar refractivity (Wildman–Crippen MR) is 49.0 cm³/mol. The molecule has 0 atom stereocenters. The van der Waals surface area contributed by atoms with E-state index in [1.165, 1.54) is 0 Å². The summed E-state index contributed by atoms with van der Waals surface area (Å²) in [6, 6.07) is 0. The van der Waals surface area contributed by atoms with E-state index in [0.29, 0.717) is 5.88 Å². The van der Waals surface area contributed by atoms with Crippen molar-refractivity contribution in [3.8, 4) is 0 Å². The number of halogens is 1. The number of hydrogen-bond acceptors (Lipinski definition) is 1. The van der Waals surface area contributed by atoms with E-state index in [9.17, 15) is 0 Å². The molecule has 0 aromatic carbocycles. The van der Waals surface area contributed by atoms with Crippen LogP contribution in [-0.4, -0.2) is 20.8 Å². The Kier molecular flexibility index (Phi) is 5.04. The van der Waals surface area contributed by atoms with Crippen molar-refractivity contribution in [2.45, 2.75) is 20.0 Å². The van der Waals surface area contributed by atoms with Gasteiger partial charge in [-0.25, -0.2) is 0 Å². The number of alkyl halides is 1. The van der Waals surface area contributed by atoms with Gasteiger partial charge in [0, 0.05) is 12.5 Å². The second-order valence-electron chi connectivity index (χ2n) is 2.59. The molecular weight excluding hydrogens is 164 g/mol. The summed E-state index contributed by atoms with van der Waals surface area (Å²) in [6.45, 7) is 7.12. The normalized spacial score (nSPS) is 12.8. The van der Waals surface area contributed by atoms with Crippen LogP contribution < -0.4 is 0 Å². The van der Waals surface area contributed by atoms with E-state index in [1.54, 1.807) is 0 Å². The highest BCUT2D eigenvalue weighted by molar-refractivity contribution is 6.76. The molecule has 0 aromatic rings. The SMILES string of the molecule is CCO[Si](C)(C)/C=C/CCl. The smallest absolute Gasteiger partial charge is 0.210 e. The number of allylic oxidation sites excluding steroid dienone is 1. The topological polar surface area (TPSA) is 9.23 Å². The molecule has 0 fully saturated rings. The minimum Gasteiger partial charge on any atom is -0.414 e. The quantitative estimate of drug-likeness (QED) is 0.475. The zero-order chi connectivity index (χ0) is 8.04. The van der Waals surface area contributed by atoms with Crippen molar-refractivity contribution in [3.05, 3.63) is 11.8 Å². The standard InChI is InChI=1S/C7H15ClOSi/c1-4-9-10(2,3)7-5-6-8/h5,7H,4,6H2,1-3H3/b7-5+. The summed E-state index contributed by atoms with van der Waals surface area (Å²) >= 11 is 5.49. The first kappa shape index (κ1) is 10.2. The van der Waals surface area contributed by atoms with Gasteiger partial charge in [0.15, 0.2) is 0 Å². The lowest BCUT2D eigenvalue weighted by molar-refractivity contribution is 0.338. The summed E-state index contributed by atoms with van der Waals surface area (Å²) in [5, 5.41) is 0. The molecule has 0 bridgehead atoms. The molecule has 0 N–H and O–H groups in total. The Morgan fingerprint density at radius 3 is 2.50 bits per heavy atom. The highest BCUT2D eigenvalue weighted by atomic mass is 35.5. The van der Waals surface area contributed by atoms with Gasteiger partial charge < -0.3 is 4.43 Å². The van der Waals surface area contributed by atoms with Gasteiger partial charge in [-0.05, 0) is 20.0 Å². The first-order valence-electron chi connectivity index (χ1n) is 3.50. The molecule has 0 saturated heterocycles. The summed E-state index contributed by atoms with van der Waals surface area (Å²) in [5.74, 6) is 0.587. The highest BCUT2D eigenvalue weighted by Gasteiger charge is 2.16. The van der Waals surface area contributed by atoms with Gasteiger partial charge in [-0.3, -0.25) is 0 Å². The fourth-order valence-corrected chi connectivity index (χ4v) is 2.51. The summed E-state index contributed by atoms with van der Waals surface area (Å²) in [5.41, 5.74) is 2.11. The molecule has 3 heteroatoms. The van der Waals surface area contributed by atoms with Crippen LogP contribution in [0.4, 0.5) is 0 Å². The molecule has 0 heterocycles. The maximum absolute atomic E-state index is 5.52. The summed E-state index contributed by atoms with van der Waals surface area (Å²) in [4.78, 5) is 0. The van der Waals surface area contributed by atoms with E-state index in [-0.39, 0.29) is 0 Å². The van der Waals surface area contributed by atoms with E-state index in [2.05, 4.69) is 18.8 Å². The summed E-state index contributed by atoms with van der Waals surface area (Å²) in [7, 11) is -1.49. The van der Waals surface area contributed by atoms with Crippen molar-refractivity contribution < 1.29 is 4.43 Å². The van der Waals surface area contributed by atoms with Crippen molar-refractivity contribution in [2.24, 2.45) is 0 Å². The lowest BCUT2D eigenvalue weighted by atomic mass is 10.8. The van der Waals surface area contributed by atoms with Crippen molar-refractivity contribution in [1.82, 2.24) is 0 Å². The monoisotopic (exact) mass is 178 g/mol. The van der Waals surface area contributed by atoms with Crippen molar-refractivity contribution >= 4 is 19.9 Å². The molecule has 10 heavy (non-hydrogen) atoms. The van der Waals surface area contributed by atoms with Gasteiger partial charge in [-0.2, -0.15) is 0 Å². The second-order valence-corrected chi connectivity index (χ2v) is 6.73. The molecular formula is C7H15ClOSi. The van der Waals surface area contributed by atoms with Gasteiger partial charge in [0.2, 0.25) is 8.32 Å². The van der Waals surface area contributed by atoms with Crippen molar-refractivity contribution in [3.63, 3.8) is 0 Å². The Morgan fingerprint density at radius 1 is 1.50 bits per heavy atom. The molecule has 0 spiro atoms. The highest BCUT2D eigenvalue weighted by Crippen LogP contribution is 2.05. The van der Waals surface area contributed by atoms with Gasteiger partial charge in [0.05, 0.1) is 0 Å². The van der Waals surface area contributed by atoms with Crippen LogP contribution in [0.1, 0.15) is 6.92 Å². The number of hydrogen-bond donors (Lipinski definition) is 0. The molecule has 0 unspecified atom stereocenters. The Bertz CT molecular complexity index is 112. The molecule has 0 aliphatic carbocycles. The van der Waals surface area contributed by atoms with Gasteiger partial charge in [-0.1, -0.05) is 11.8 Å².